The van der Waals surface area contributed by atoms with Crippen LogP contribution in [-0.2, 0) is 4.42 Å². The van der Waals surface area contributed by atoms with Crippen molar-refractivity contribution < 1.29 is 8.84 Å². The van der Waals surface area contributed by atoms with Crippen molar-refractivity contribution >= 4 is 17.9 Å². The summed E-state index contributed by atoms with van der Waals surface area (Å²) in [7, 11) is 0. The number of aryl methyl sites for hydroxylation is 1. The van der Waals surface area contributed by atoms with Crippen molar-refractivity contribution in [2.45, 2.75) is 6.92 Å². The van der Waals surface area contributed by atoms with Crippen molar-refractivity contribution in [1.29, 1.82) is 0 Å². The zero-order valence-corrected chi connectivity index (χ0v) is 10.0. The van der Waals surface area contributed by atoms with E-state index >= 15 is 0 Å². The molecule has 0 aliphatic carbocycles. The van der Waals surface area contributed by atoms with Crippen molar-refractivity contribution in [3.8, 4) is 17.2 Å². The van der Waals surface area contributed by atoms with Crippen LogP contribution >= 0.6 is 0 Å². The lowest BCUT2D eigenvalue weighted by Gasteiger charge is -1.92. The molecule has 3 aromatic rings. The lowest BCUT2D eigenvalue weighted by Crippen LogP contribution is -1.76. The lowest BCUT2D eigenvalue weighted by molar-refractivity contribution is -0.354. The highest BCUT2D eigenvalue weighted by molar-refractivity contribution is 5.79. The van der Waals surface area contributed by atoms with Gasteiger partial charge in [0.05, 0.1) is 0 Å². The average molecular weight is 238 g/mol. The Labute approximate surface area is 104 Å². The number of para-hydroxylation sites is 1. The van der Waals surface area contributed by atoms with E-state index in [9.17, 15) is 0 Å². The van der Waals surface area contributed by atoms with E-state index in [-0.39, 0.29) is 0 Å². The van der Waals surface area contributed by atoms with E-state index in [2.05, 4.69) is 11.8 Å². The molecule has 1 aromatic heterocycles. The fourth-order valence-electron chi connectivity index (χ4n) is 1.90. The SMILES string of the molecule is C=[O+]c1ccc(-c2nc3cccc(C)c3o2)cc1. The number of fused-ring (bicyclic) bond motifs is 1. The Morgan fingerprint density at radius 3 is 2.56 bits per heavy atom. The fourth-order valence-corrected chi connectivity index (χ4v) is 1.90. The van der Waals surface area contributed by atoms with Crippen LogP contribution in [0.2, 0.25) is 0 Å². The fraction of sp³-hybridized carbons (Fsp3) is 0.0667. The first-order valence-corrected chi connectivity index (χ1v) is 5.66. The van der Waals surface area contributed by atoms with E-state index in [4.69, 9.17) is 8.84 Å². The van der Waals surface area contributed by atoms with E-state index in [1.54, 1.807) is 0 Å². The normalized spacial score (nSPS) is 10.7. The van der Waals surface area contributed by atoms with Crippen LogP contribution in [0.25, 0.3) is 22.6 Å². The number of aromatic nitrogens is 1. The second-order valence-corrected chi connectivity index (χ2v) is 4.11. The van der Waals surface area contributed by atoms with Gasteiger partial charge in [0, 0.05) is 17.7 Å². The van der Waals surface area contributed by atoms with Gasteiger partial charge in [-0.1, -0.05) is 12.1 Å². The zero-order valence-electron chi connectivity index (χ0n) is 10.0. The van der Waals surface area contributed by atoms with E-state index in [1.807, 2.05) is 49.4 Å². The van der Waals surface area contributed by atoms with Crippen molar-refractivity contribution in [3.63, 3.8) is 0 Å². The number of carbonyl (C=O) groups excluding carboxylic acids is 1. The molecule has 0 atom stereocenters. The maximum absolute atomic E-state index is 5.79. The number of nitrogens with zero attached hydrogens (tertiary/aromatic N) is 1. The lowest BCUT2D eigenvalue weighted by atomic mass is 10.2. The second-order valence-electron chi connectivity index (χ2n) is 4.11. The van der Waals surface area contributed by atoms with Crippen molar-refractivity contribution in [2.75, 3.05) is 0 Å². The molecular formula is C15H12NO2+. The molecule has 3 heteroatoms. The minimum absolute atomic E-state index is 0.620. The molecule has 0 N–H and O–H groups in total. The first-order valence-electron chi connectivity index (χ1n) is 5.66. The summed E-state index contributed by atoms with van der Waals surface area (Å²) in [5.41, 5.74) is 3.72. The summed E-state index contributed by atoms with van der Waals surface area (Å²) < 4.78 is 10.7. The number of rotatable bonds is 2. The van der Waals surface area contributed by atoms with Gasteiger partial charge in [0.25, 0.3) is 6.79 Å². The molecule has 2 aromatic carbocycles. The Morgan fingerprint density at radius 2 is 1.89 bits per heavy atom. The maximum Gasteiger partial charge on any atom is 0.351 e. The number of hydrogen-bond donors (Lipinski definition) is 0. The van der Waals surface area contributed by atoms with Gasteiger partial charge in [-0.05, 0) is 30.7 Å². The standard InChI is InChI=1S/C15H12NO2/c1-10-4-3-5-13-14(10)18-15(16-13)11-6-8-12(17-2)9-7-11/h3-9H,2H2,1H3/q+1. The second kappa shape index (κ2) is 4.11. The summed E-state index contributed by atoms with van der Waals surface area (Å²) in [6.45, 7) is 5.38. The van der Waals surface area contributed by atoms with Gasteiger partial charge < -0.3 is 4.42 Å². The molecule has 0 saturated heterocycles. The quantitative estimate of drug-likeness (QED) is 0.635. The molecule has 88 valence electrons. The number of hydrogen-bond acceptors (Lipinski definition) is 2. The van der Waals surface area contributed by atoms with Gasteiger partial charge in [-0.15, -0.1) is 0 Å². The predicted octanol–water partition coefficient (Wildman–Crippen LogP) is 3.88. The Hall–Kier alpha value is -2.42. The zero-order chi connectivity index (χ0) is 12.5. The molecule has 3 rings (SSSR count). The molecule has 0 bridgehead atoms. The van der Waals surface area contributed by atoms with Crippen LogP contribution in [0.5, 0.6) is 5.75 Å². The van der Waals surface area contributed by atoms with Crippen molar-refractivity contribution in [2.24, 2.45) is 0 Å². The van der Waals surface area contributed by atoms with Crippen LogP contribution in [0.1, 0.15) is 5.56 Å². The summed E-state index contributed by atoms with van der Waals surface area (Å²) in [6.07, 6.45) is 0. The summed E-state index contributed by atoms with van der Waals surface area (Å²) >= 11 is 0. The topological polar surface area (TPSA) is 37.3 Å². The minimum Gasteiger partial charge on any atom is -0.436 e. The summed E-state index contributed by atoms with van der Waals surface area (Å²) in [5.74, 6) is 1.33. The molecule has 0 fully saturated rings. The summed E-state index contributed by atoms with van der Waals surface area (Å²) in [5, 5.41) is 0. The van der Waals surface area contributed by atoms with Gasteiger partial charge in [0.15, 0.2) is 5.58 Å². The molecule has 0 saturated carbocycles. The number of oxazole rings is 1. The van der Waals surface area contributed by atoms with Crippen molar-refractivity contribution in [1.82, 2.24) is 4.98 Å². The van der Waals surface area contributed by atoms with Gasteiger partial charge in [-0.25, -0.2) is 9.41 Å². The van der Waals surface area contributed by atoms with E-state index < -0.39 is 0 Å². The van der Waals surface area contributed by atoms with Crippen LogP contribution in [0.15, 0.2) is 46.9 Å². The highest BCUT2D eigenvalue weighted by Gasteiger charge is 2.10. The minimum atomic E-state index is 0.620. The summed E-state index contributed by atoms with van der Waals surface area (Å²) in [6, 6.07) is 13.4. The monoisotopic (exact) mass is 238 g/mol. The number of benzene rings is 2. The predicted molar refractivity (Wildman–Crippen MR) is 70.7 cm³/mol. The highest BCUT2D eigenvalue weighted by atomic mass is 16.4. The molecule has 0 radical (unpaired) electrons. The largest absolute Gasteiger partial charge is 0.436 e. The third kappa shape index (κ3) is 1.70. The molecular weight excluding hydrogens is 226 g/mol. The molecule has 0 aliphatic heterocycles. The molecule has 1 heterocycles. The first-order chi connectivity index (χ1) is 8.78. The maximum atomic E-state index is 5.79. The van der Waals surface area contributed by atoms with E-state index in [1.165, 1.54) is 0 Å². The van der Waals surface area contributed by atoms with Gasteiger partial charge in [0.2, 0.25) is 5.89 Å². The van der Waals surface area contributed by atoms with Gasteiger partial charge >= 0.3 is 5.75 Å². The molecule has 0 spiro atoms. The summed E-state index contributed by atoms with van der Waals surface area (Å²) in [4.78, 5) is 4.48. The van der Waals surface area contributed by atoms with Gasteiger partial charge in [-0.3, -0.25) is 0 Å². The molecule has 0 aliphatic rings. The Kier molecular flexibility index (Phi) is 2.45. The van der Waals surface area contributed by atoms with Gasteiger partial charge in [0.1, 0.15) is 5.52 Å². The smallest absolute Gasteiger partial charge is 0.351 e. The molecule has 3 nitrogen and oxygen atoms in total. The first kappa shape index (κ1) is 10.7. The molecule has 0 amide bonds. The molecule has 0 unspecified atom stereocenters. The highest BCUT2D eigenvalue weighted by Crippen LogP contribution is 2.27. The van der Waals surface area contributed by atoms with Crippen LogP contribution in [-0.4, -0.2) is 11.8 Å². The van der Waals surface area contributed by atoms with Crippen LogP contribution in [0.3, 0.4) is 0 Å². The average Bonchev–Trinajstić information content (AvgIpc) is 2.84. The van der Waals surface area contributed by atoms with E-state index in [0.717, 1.165) is 22.2 Å². The van der Waals surface area contributed by atoms with Crippen LogP contribution in [0.4, 0.5) is 0 Å². The van der Waals surface area contributed by atoms with Crippen molar-refractivity contribution in [3.05, 3.63) is 48.0 Å². The Morgan fingerprint density at radius 1 is 1.11 bits per heavy atom. The Bertz CT molecular complexity index is 711. The van der Waals surface area contributed by atoms with Crippen LogP contribution < -0.4 is 0 Å². The third-order valence-corrected chi connectivity index (χ3v) is 2.88. The van der Waals surface area contributed by atoms with Gasteiger partial charge in [-0.2, -0.15) is 0 Å². The Balaban J connectivity index is 2.13. The van der Waals surface area contributed by atoms with E-state index in [0.29, 0.717) is 11.6 Å². The molecule has 18 heavy (non-hydrogen) atoms. The third-order valence-electron chi connectivity index (χ3n) is 2.88. The van der Waals surface area contributed by atoms with Crippen LogP contribution in [0, 0.1) is 6.92 Å².